The molecule has 94 valence electrons. The number of thiocarbonyl (C=S) groups is 1. The number of aliphatic hydroxyl groups is 1. The number of nitrogens with zero attached hydrogens (tertiary/aromatic N) is 1. The summed E-state index contributed by atoms with van der Waals surface area (Å²) < 4.78 is 0. The van der Waals surface area contributed by atoms with Gasteiger partial charge in [-0.3, -0.25) is 4.90 Å². The molecular weight excluding hydrogens is 256 g/mol. The van der Waals surface area contributed by atoms with Crippen LogP contribution in [0.25, 0.3) is 0 Å². The van der Waals surface area contributed by atoms with E-state index in [0.29, 0.717) is 16.6 Å². The van der Waals surface area contributed by atoms with Gasteiger partial charge in [-0.25, -0.2) is 0 Å². The lowest BCUT2D eigenvalue weighted by molar-refractivity contribution is 0.154. The van der Waals surface area contributed by atoms with E-state index in [1.54, 1.807) is 6.07 Å². The molecule has 0 aliphatic rings. The molecule has 0 bridgehead atoms. The highest BCUT2D eigenvalue weighted by Crippen LogP contribution is 2.20. The molecule has 0 saturated heterocycles. The molecule has 0 fully saturated rings. The number of rotatable bonds is 5. The molecule has 0 heterocycles. The van der Waals surface area contributed by atoms with Crippen molar-refractivity contribution in [3.8, 4) is 0 Å². The Morgan fingerprint density at radius 2 is 2.24 bits per heavy atom. The van der Waals surface area contributed by atoms with Crippen LogP contribution in [0.4, 0.5) is 0 Å². The van der Waals surface area contributed by atoms with Crippen molar-refractivity contribution in [3.05, 3.63) is 34.3 Å². The number of aliphatic hydroxyl groups excluding tert-OH is 1. The van der Waals surface area contributed by atoms with E-state index >= 15 is 0 Å². The van der Waals surface area contributed by atoms with Gasteiger partial charge in [-0.2, -0.15) is 0 Å². The average Bonchev–Trinajstić information content (AvgIpc) is 2.30. The minimum atomic E-state index is 0.0985. The Bertz CT molecular complexity index is 411. The molecular formula is C12H17ClN2OS. The van der Waals surface area contributed by atoms with E-state index in [0.717, 1.165) is 11.1 Å². The van der Waals surface area contributed by atoms with Gasteiger partial charge in [0.1, 0.15) is 4.99 Å². The van der Waals surface area contributed by atoms with Crippen molar-refractivity contribution in [2.24, 2.45) is 5.73 Å². The van der Waals surface area contributed by atoms with Crippen LogP contribution in [0.3, 0.4) is 0 Å². The highest BCUT2D eigenvalue weighted by Gasteiger charge is 2.11. The quantitative estimate of drug-likeness (QED) is 0.803. The van der Waals surface area contributed by atoms with Gasteiger partial charge in [-0.1, -0.05) is 36.0 Å². The zero-order chi connectivity index (χ0) is 13.0. The Kier molecular flexibility index (Phi) is 5.33. The number of hydrogen-bond donors (Lipinski definition) is 2. The summed E-state index contributed by atoms with van der Waals surface area (Å²) in [6.45, 7) is 2.76. The second kappa shape index (κ2) is 6.31. The van der Waals surface area contributed by atoms with Gasteiger partial charge in [0, 0.05) is 23.2 Å². The summed E-state index contributed by atoms with van der Waals surface area (Å²) in [5.41, 5.74) is 7.30. The lowest BCUT2D eigenvalue weighted by atomic mass is 10.1. The highest BCUT2D eigenvalue weighted by molar-refractivity contribution is 7.80. The van der Waals surface area contributed by atoms with Gasteiger partial charge in [-0.15, -0.1) is 0 Å². The van der Waals surface area contributed by atoms with E-state index in [-0.39, 0.29) is 12.6 Å². The van der Waals surface area contributed by atoms with Crippen LogP contribution >= 0.6 is 23.8 Å². The second-order valence-electron chi connectivity index (χ2n) is 4.12. The van der Waals surface area contributed by atoms with Crippen molar-refractivity contribution in [1.82, 2.24) is 4.90 Å². The summed E-state index contributed by atoms with van der Waals surface area (Å²) in [7, 11) is 1.94. The van der Waals surface area contributed by atoms with E-state index in [2.05, 4.69) is 0 Å². The number of halogens is 1. The molecule has 0 radical (unpaired) electrons. The fourth-order valence-corrected chi connectivity index (χ4v) is 1.76. The van der Waals surface area contributed by atoms with Gasteiger partial charge in [0.15, 0.2) is 0 Å². The topological polar surface area (TPSA) is 49.5 Å². The van der Waals surface area contributed by atoms with E-state index < -0.39 is 0 Å². The monoisotopic (exact) mass is 272 g/mol. The Labute approximate surface area is 112 Å². The summed E-state index contributed by atoms with van der Waals surface area (Å²) in [6.07, 6.45) is 0. The number of nitrogens with two attached hydrogens (primary N) is 1. The Balaban J connectivity index is 2.82. The Morgan fingerprint density at radius 1 is 1.59 bits per heavy atom. The molecule has 1 unspecified atom stereocenters. The van der Waals surface area contributed by atoms with Crippen molar-refractivity contribution in [1.29, 1.82) is 0 Å². The maximum Gasteiger partial charge on any atom is 0.104 e. The third kappa shape index (κ3) is 3.92. The molecule has 17 heavy (non-hydrogen) atoms. The predicted molar refractivity (Wildman–Crippen MR) is 75.4 cm³/mol. The summed E-state index contributed by atoms with van der Waals surface area (Å²) >= 11 is 11.0. The maximum absolute atomic E-state index is 9.06. The third-order valence-electron chi connectivity index (χ3n) is 2.77. The van der Waals surface area contributed by atoms with E-state index in [1.165, 1.54) is 0 Å². The number of likely N-dealkylation sites (N-methyl/N-ethyl adjacent to an activating group) is 1. The Hall–Kier alpha value is -0.680. The fourth-order valence-electron chi connectivity index (χ4n) is 1.39. The first-order valence-electron chi connectivity index (χ1n) is 5.35. The van der Waals surface area contributed by atoms with Gasteiger partial charge in [0.2, 0.25) is 0 Å². The summed E-state index contributed by atoms with van der Waals surface area (Å²) in [5, 5.41) is 9.71. The molecule has 0 amide bonds. The van der Waals surface area contributed by atoms with Gasteiger partial charge in [0.25, 0.3) is 0 Å². The third-order valence-corrected chi connectivity index (χ3v) is 3.36. The van der Waals surface area contributed by atoms with Crippen LogP contribution in [0.2, 0.25) is 5.02 Å². The zero-order valence-corrected chi connectivity index (χ0v) is 11.6. The molecule has 0 aromatic heterocycles. The van der Waals surface area contributed by atoms with Gasteiger partial charge in [0.05, 0.1) is 6.61 Å². The first-order chi connectivity index (χ1) is 7.95. The van der Waals surface area contributed by atoms with E-state index in [9.17, 15) is 0 Å². The van der Waals surface area contributed by atoms with Crippen molar-refractivity contribution in [2.75, 3.05) is 13.7 Å². The van der Waals surface area contributed by atoms with Crippen LogP contribution in [0.1, 0.15) is 18.1 Å². The molecule has 0 aliphatic heterocycles. The van der Waals surface area contributed by atoms with Crippen molar-refractivity contribution in [3.63, 3.8) is 0 Å². The minimum absolute atomic E-state index is 0.0985. The van der Waals surface area contributed by atoms with Crippen LogP contribution in [0.5, 0.6) is 0 Å². The van der Waals surface area contributed by atoms with Crippen LogP contribution in [-0.4, -0.2) is 34.7 Å². The van der Waals surface area contributed by atoms with Crippen molar-refractivity contribution >= 4 is 28.8 Å². The van der Waals surface area contributed by atoms with Gasteiger partial charge >= 0.3 is 0 Å². The smallest absolute Gasteiger partial charge is 0.104 e. The average molecular weight is 273 g/mol. The first kappa shape index (κ1) is 14.4. The SMILES string of the molecule is CC(CO)N(C)Cc1ccc(C(N)=S)cc1Cl. The molecule has 1 atom stereocenters. The van der Waals surface area contributed by atoms with Crippen LogP contribution < -0.4 is 5.73 Å². The number of hydrogen-bond acceptors (Lipinski definition) is 3. The first-order valence-corrected chi connectivity index (χ1v) is 6.13. The fraction of sp³-hybridized carbons (Fsp3) is 0.417. The second-order valence-corrected chi connectivity index (χ2v) is 4.96. The molecule has 3 N–H and O–H groups in total. The molecule has 0 spiro atoms. The molecule has 1 rings (SSSR count). The molecule has 0 saturated carbocycles. The normalized spacial score (nSPS) is 12.8. The van der Waals surface area contributed by atoms with Crippen LogP contribution in [0, 0.1) is 0 Å². The standard InChI is InChI=1S/C12H17ClN2OS/c1-8(7-16)15(2)6-10-4-3-9(12(14)17)5-11(10)13/h3-5,8,16H,6-7H2,1-2H3,(H2,14,17). The van der Waals surface area contributed by atoms with Crippen molar-refractivity contribution in [2.45, 2.75) is 19.5 Å². The molecule has 5 heteroatoms. The van der Waals surface area contributed by atoms with E-state index in [4.69, 9.17) is 34.7 Å². The van der Waals surface area contributed by atoms with Crippen LogP contribution in [0.15, 0.2) is 18.2 Å². The maximum atomic E-state index is 9.06. The Morgan fingerprint density at radius 3 is 2.71 bits per heavy atom. The van der Waals surface area contributed by atoms with Gasteiger partial charge < -0.3 is 10.8 Å². The summed E-state index contributed by atoms with van der Waals surface area (Å²) in [6, 6.07) is 5.65. The highest BCUT2D eigenvalue weighted by atomic mass is 35.5. The molecule has 1 aromatic rings. The summed E-state index contributed by atoms with van der Waals surface area (Å²) in [4.78, 5) is 2.37. The van der Waals surface area contributed by atoms with Gasteiger partial charge in [-0.05, 0) is 25.6 Å². The lowest BCUT2D eigenvalue weighted by Gasteiger charge is -2.23. The predicted octanol–water partition coefficient (Wildman–Crippen LogP) is 1.79. The van der Waals surface area contributed by atoms with Crippen molar-refractivity contribution < 1.29 is 5.11 Å². The van der Waals surface area contributed by atoms with Crippen LogP contribution in [-0.2, 0) is 6.54 Å². The number of benzene rings is 1. The van der Waals surface area contributed by atoms with E-state index in [1.807, 2.05) is 31.0 Å². The summed E-state index contributed by atoms with van der Waals surface area (Å²) in [5.74, 6) is 0. The largest absolute Gasteiger partial charge is 0.395 e. The minimum Gasteiger partial charge on any atom is -0.395 e. The molecule has 1 aromatic carbocycles. The molecule has 3 nitrogen and oxygen atoms in total. The molecule has 0 aliphatic carbocycles. The zero-order valence-electron chi connectivity index (χ0n) is 9.98. The lowest BCUT2D eigenvalue weighted by Crippen LogP contribution is -2.31.